The lowest BCUT2D eigenvalue weighted by atomic mass is 10.1. The van der Waals surface area contributed by atoms with Crippen molar-refractivity contribution in [2.45, 2.75) is 128 Å². The molecule has 0 spiro atoms. The van der Waals surface area contributed by atoms with Crippen molar-refractivity contribution in [3.63, 3.8) is 0 Å². The molecule has 0 bridgehead atoms. The second-order valence-electron chi connectivity index (χ2n) is 11.9. The maximum absolute atomic E-state index is 7.12. The number of hydrogen-bond acceptors (Lipinski definition) is 9. The van der Waals surface area contributed by atoms with Crippen molar-refractivity contribution in [2.75, 3.05) is 41.2 Å². The van der Waals surface area contributed by atoms with Gasteiger partial charge in [-0.1, -0.05) is 64.7 Å². The van der Waals surface area contributed by atoms with E-state index >= 15 is 0 Å². The number of hydrogen-bond donors (Lipinski definition) is 0. The molecular weight excluding hydrogens is 597 g/mol. The van der Waals surface area contributed by atoms with Crippen LogP contribution >= 0.6 is 0 Å². The van der Waals surface area contributed by atoms with Crippen LogP contribution in [0, 0.1) is 0 Å². The minimum absolute atomic E-state index is 0.282. The van der Waals surface area contributed by atoms with E-state index in [1.165, 1.54) is 51.4 Å². The second kappa shape index (κ2) is 18.5. The van der Waals surface area contributed by atoms with Gasteiger partial charge >= 0.3 is 43.8 Å². The zero-order chi connectivity index (χ0) is 29.5. The van der Waals surface area contributed by atoms with Gasteiger partial charge in [0.15, 0.2) is 0 Å². The van der Waals surface area contributed by atoms with Crippen LogP contribution in [-0.2, 0) is 39.2 Å². The Morgan fingerprint density at radius 2 is 1.23 bits per heavy atom. The number of unbranched alkanes of at least 4 members (excludes halogenated alkanes) is 8. The second-order valence-corrected chi connectivity index (χ2v) is 28.0. The van der Waals surface area contributed by atoms with Crippen LogP contribution in [0.5, 0.6) is 0 Å². The molecule has 0 amide bonds. The van der Waals surface area contributed by atoms with Crippen LogP contribution in [0.15, 0.2) is 0 Å². The Balaban J connectivity index is 2.01. The van der Waals surface area contributed by atoms with Crippen LogP contribution in [0.25, 0.3) is 0 Å². The first-order chi connectivity index (χ1) is 19.0. The fourth-order valence-electron chi connectivity index (χ4n) is 5.60. The highest BCUT2D eigenvalue weighted by molar-refractivity contribution is 6.90. The minimum Gasteiger partial charge on any atom is -0.418 e. The van der Waals surface area contributed by atoms with Crippen molar-refractivity contribution in [1.29, 1.82) is 0 Å². The lowest BCUT2D eigenvalue weighted by molar-refractivity contribution is 0.115. The van der Waals surface area contributed by atoms with E-state index in [0.717, 1.165) is 31.5 Å². The summed E-state index contributed by atoms with van der Waals surface area (Å²) in [5.41, 5.74) is 0. The van der Waals surface area contributed by atoms with Gasteiger partial charge in [0.05, 0.1) is 13.2 Å². The molecule has 0 N–H and O–H groups in total. The quantitative estimate of drug-likeness (QED) is 0.0752. The molecule has 2 aliphatic rings. The van der Waals surface area contributed by atoms with Crippen molar-refractivity contribution in [2.24, 2.45) is 0 Å². The van der Waals surface area contributed by atoms with Gasteiger partial charge in [-0.25, -0.2) is 0 Å². The molecule has 0 aliphatic carbocycles. The summed E-state index contributed by atoms with van der Waals surface area (Å²) in [6.07, 6.45) is 13.0. The van der Waals surface area contributed by atoms with Crippen LogP contribution in [0.4, 0.5) is 0 Å². The van der Waals surface area contributed by atoms with Gasteiger partial charge in [-0.05, 0) is 50.7 Å². The molecule has 0 saturated carbocycles. The lowest BCUT2D eigenvalue weighted by Crippen LogP contribution is -2.63. The molecule has 2 aliphatic heterocycles. The topological polar surface area (TPSA) is 86.4 Å². The number of rotatable bonds is 22. The van der Waals surface area contributed by atoms with Crippen LogP contribution < -0.4 is 0 Å². The van der Waals surface area contributed by atoms with Gasteiger partial charge in [-0.3, -0.25) is 0 Å². The molecule has 9 nitrogen and oxygen atoms in total. The van der Waals surface area contributed by atoms with E-state index < -0.39 is 43.8 Å². The largest absolute Gasteiger partial charge is 0.500 e. The van der Waals surface area contributed by atoms with Crippen molar-refractivity contribution >= 4 is 43.8 Å². The van der Waals surface area contributed by atoms with Gasteiger partial charge in [0.1, 0.15) is 6.10 Å². The Morgan fingerprint density at radius 3 is 1.75 bits per heavy atom. The number of epoxide rings is 1. The molecule has 2 rings (SSSR count). The summed E-state index contributed by atoms with van der Waals surface area (Å²) in [5.74, 6) is 0. The molecule has 2 fully saturated rings. The smallest absolute Gasteiger partial charge is 0.418 e. The fraction of sp³-hybridized carbons (Fsp3) is 1.00. The molecule has 0 aromatic carbocycles. The third-order valence-electron chi connectivity index (χ3n) is 7.87. The molecular formula is C26H60O9Si5. The fourth-order valence-corrected chi connectivity index (χ4v) is 29.3. The zero-order valence-corrected chi connectivity index (χ0v) is 32.0. The number of ether oxygens (including phenoxy) is 2. The Bertz CT molecular complexity index is 683. The van der Waals surface area contributed by atoms with Crippen LogP contribution in [0.1, 0.15) is 71.1 Å². The molecule has 0 aromatic heterocycles. The average molecular weight is 657 g/mol. The highest BCUT2D eigenvalue weighted by Crippen LogP contribution is 2.36. The zero-order valence-electron chi connectivity index (χ0n) is 26.8. The molecule has 5 atom stereocenters. The van der Waals surface area contributed by atoms with E-state index in [0.29, 0.717) is 25.3 Å². The van der Waals surface area contributed by atoms with Gasteiger partial charge < -0.3 is 39.2 Å². The summed E-state index contributed by atoms with van der Waals surface area (Å²) >= 11 is 0. The van der Waals surface area contributed by atoms with Crippen molar-refractivity contribution < 1.29 is 39.2 Å². The van der Waals surface area contributed by atoms with Crippen LogP contribution in [0.3, 0.4) is 0 Å². The molecule has 40 heavy (non-hydrogen) atoms. The first-order valence-corrected chi connectivity index (χ1v) is 27.3. The Hall–Kier alpha value is 0.724. The predicted molar refractivity (Wildman–Crippen MR) is 171 cm³/mol. The molecule has 0 aromatic rings. The van der Waals surface area contributed by atoms with Crippen molar-refractivity contribution in [3.8, 4) is 0 Å². The maximum Gasteiger partial charge on any atom is 0.500 e. The van der Waals surface area contributed by atoms with E-state index in [1.807, 2.05) is 0 Å². The molecule has 238 valence electrons. The van der Waals surface area contributed by atoms with Crippen LogP contribution in [-0.4, -0.2) is 91.0 Å². The third kappa shape index (κ3) is 14.0. The van der Waals surface area contributed by atoms with Gasteiger partial charge in [-0.2, -0.15) is 0 Å². The summed E-state index contributed by atoms with van der Waals surface area (Å²) in [6.45, 7) is 13.2. The van der Waals surface area contributed by atoms with Gasteiger partial charge in [-0.15, -0.1) is 0 Å². The third-order valence-corrected chi connectivity index (χ3v) is 28.3. The van der Waals surface area contributed by atoms with E-state index in [4.69, 9.17) is 39.2 Å². The summed E-state index contributed by atoms with van der Waals surface area (Å²) in [5, 5.41) is 0. The van der Waals surface area contributed by atoms with Crippen molar-refractivity contribution in [3.05, 3.63) is 0 Å². The Labute approximate surface area is 251 Å². The van der Waals surface area contributed by atoms with Gasteiger partial charge in [0.25, 0.3) is 0 Å². The van der Waals surface area contributed by atoms with Crippen molar-refractivity contribution in [1.82, 2.24) is 0 Å². The van der Waals surface area contributed by atoms with Crippen LogP contribution in [0.2, 0.25) is 50.4 Å². The Kier molecular flexibility index (Phi) is 17.1. The van der Waals surface area contributed by atoms with Gasteiger partial charge in [0, 0.05) is 34.0 Å². The van der Waals surface area contributed by atoms with E-state index in [1.54, 1.807) is 21.3 Å². The SMILES string of the molecule is CCCCCCCCCCC[Si]1(C)O[SiH](C)O[Si](C)(CC[Si](OC)(OC)OC)O[Si](C)(CCCOCC2CO2)O1. The summed E-state index contributed by atoms with van der Waals surface area (Å²) in [4.78, 5) is 0. The first-order valence-electron chi connectivity index (χ1n) is 15.7. The summed E-state index contributed by atoms with van der Waals surface area (Å²) < 4.78 is 56.0. The first kappa shape index (κ1) is 36.9. The monoisotopic (exact) mass is 656 g/mol. The average Bonchev–Trinajstić information content (AvgIpc) is 3.72. The van der Waals surface area contributed by atoms with Gasteiger partial charge in [0.2, 0.25) is 0 Å². The summed E-state index contributed by atoms with van der Waals surface area (Å²) in [6, 6.07) is 3.21. The normalized spacial score (nSPS) is 31.2. The van der Waals surface area contributed by atoms with E-state index in [9.17, 15) is 0 Å². The molecule has 5 unspecified atom stereocenters. The standard InChI is InChI=1S/C26H60O9Si5/c1-9-10-11-12-13-14-15-16-17-20-37(6)32-36(5)33-38(7,22-23-40(27-2,28-3)29-4)35-39(8,34-37)21-18-19-30-24-26-25-31-26/h26,36H,9-25H2,1-8H3. The van der Waals surface area contributed by atoms with E-state index in [-0.39, 0.29) is 6.10 Å². The molecule has 14 heteroatoms. The lowest BCUT2D eigenvalue weighted by Gasteiger charge is -2.47. The maximum atomic E-state index is 7.12. The molecule has 0 radical (unpaired) electrons. The highest BCUT2D eigenvalue weighted by Gasteiger charge is 2.53. The summed E-state index contributed by atoms with van der Waals surface area (Å²) in [7, 11) is -7.48. The predicted octanol–water partition coefficient (Wildman–Crippen LogP) is 6.35. The Morgan fingerprint density at radius 1 is 0.725 bits per heavy atom. The minimum atomic E-state index is -2.75. The molecule has 2 saturated heterocycles. The highest BCUT2D eigenvalue weighted by atomic mass is 28.5. The molecule has 2 heterocycles. The van der Waals surface area contributed by atoms with E-state index in [2.05, 4.69) is 33.1 Å².